The number of esters is 1. The van der Waals surface area contributed by atoms with E-state index in [4.69, 9.17) is 4.74 Å². The van der Waals surface area contributed by atoms with Crippen molar-refractivity contribution in [2.45, 2.75) is 59.0 Å². The third kappa shape index (κ3) is 7.21. The third-order valence-corrected chi connectivity index (χ3v) is 2.30. The van der Waals surface area contributed by atoms with Crippen molar-refractivity contribution in [3.05, 3.63) is 12.2 Å². The zero-order valence-corrected chi connectivity index (χ0v) is 10.5. The summed E-state index contributed by atoms with van der Waals surface area (Å²) in [7, 11) is 0. The molecular formula is C13H22O3. The van der Waals surface area contributed by atoms with Gasteiger partial charge in [-0.3, -0.25) is 4.79 Å². The quantitative estimate of drug-likeness (QED) is 0.472. The lowest BCUT2D eigenvalue weighted by Gasteiger charge is -2.12. The van der Waals surface area contributed by atoms with Gasteiger partial charge in [-0.25, -0.2) is 4.79 Å². The Morgan fingerprint density at radius 1 is 1.31 bits per heavy atom. The largest absolute Gasteiger partial charge is 0.459 e. The zero-order valence-electron chi connectivity index (χ0n) is 10.5. The summed E-state index contributed by atoms with van der Waals surface area (Å²) < 4.78 is 5.08. The predicted molar refractivity (Wildman–Crippen MR) is 64.1 cm³/mol. The van der Waals surface area contributed by atoms with Gasteiger partial charge in [-0.05, 0) is 26.7 Å². The molecule has 0 aromatic carbocycles. The number of unbranched alkanes of at least 4 members (excludes halogenated alkanes) is 1. The molecule has 16 heavy (non-hydrogen) atoms. The maximum atomic E-state index is 11.4. The highest BCUT2D eigenvalue weighted by molar-refractivity contribution is 5.87. The molecule has 0 aromatic rings. The minimum Gasteiger partial charge on any atom is -0.459 e. The van der Waals surface area contributed by atoms with Gasteiger partial charge in [-0.15, -0.1) is 0 Å². The first kappa shape index (κ1) is 14.9. The molecule has 0 bridgehead atoms. The van der Waals surface area contributed by atoms with Crippen LogP contribution in [0.25, 0.3) is 0 Å². The first-order valence-corrected chi connectivity index (χ1v) is 5.85. The van der Waals surface area contributed by atoms with Crippen LogP contribution in [0.15, 0.2) is 12.2 Å². The van der Waals surface area contributed by atoms with E-state index < -0.39 is 0 Å². The van der Waals surface area contributed by atoms with Gasteiger partial charge in [0.05, 0.1) is 6.10 Å². The third-order valence-electron chi connectivity index (χ3n) is 2.30. The van der Waals surface area contributed by atoms with Crippen molar-refractivity contribution >= 4 is 11.8 Å². The molecule has 0 N–H and O–H groups in total. The second-order valence-corrected chi connectivity index (χ2v) is 4.18. The summed E-state index contributed by atoms with van der Waals surface area (Å²) in [5, 5.41) is 0. The number of rotatable bonds is 8. The van der Waals surface area contributed by atoms with Crippen LogP contribution in [0.4, 0.5) is 0 Å². The van der Waals surface area contributed by atoms with E-state index in [9.17, 15) is 9.59 Å². The van der Waals surface area contributed by atoms with Gasteiger partial charge < -0.3 is 4.74 Å². The minimum atomic E-state index is -0.381. The van der Waals surface area contributed by atoms with Crippen molar-refractivity contribution in [2.24, 2.45) is 0 Å². The van der Waals surface area contributed by atoms with Gasteiger partial charge in [0.1, 0.15) is 5.78 Å². The summed E-state index contributed by atoms with van der Waals surface area (Å²) in [4.78, 5) is 22.5. The van der Waals surface area contributed by atoms with Crippen LogP contribution in [0.2, 0.25) is 0 Å². The summed E-state index contributed by atoms with van der Waals surface area (Å²) in [6.45, 7) is 8.97. The fraction of sp³-hybridized carbons (Fsp3) is 0.692. The van der Waals surface area contributed by atoms with Crippen molar-refractivity contribution in [1.29, 1.82) is 0 Å². The SMILES string of the molecule is C=C(C)C(=O)OC(C)CCC(=O)CCCC. The summed E-state index contributed by atoms with van der Waals surface area (Å²) >= 11 is 0. The van der Waals surface area contributed by atoms with E-state index in [-0.39, 0.29) is 17.9 Å². The molecule has 1 unspecified atom stereocenters. The van der Waals surface area contributed by atoms with Gasteiger partial charge in [-0.1, -0.05) is 19.9 Å². The zero-order chi connectivity index (χ0) is 12.6. The Labute approximate surface area is 97.9 Å². The van der Waals surface area contributed by atoms with Gasteiger partial charge >= 0.3 is 5.97 Å². The fourth-order valence-electron chi connectivity index (χ4n) is 1.21. The van der Waals surface area contributed by atoms with Gasteiger partial charge in [0, 0.05) is 18.4 Å². The van der Waals surface area contributed by atoms with Crippen molar-refractivity contribution in [2.75, 3.05) is 0 Å². The summed E-state index contributed by atoms with van der Waals surface area (Å²) in [5.41, 5.74) is 0.393. The molecule has 0 aromatic heterocycles. The molecule has 0 rings (SSSR count). The van der Waals surface area contributed by atoms with E-state index in [1.165, 1.54) is 0 Å². The number of Topliss-reactive ketones (excluding diaryl/α,β-unsaturated/α-hetero) is 1. The molecule has 0 spiro atoms. The number of carbonyl (C=O) groups excluding carboxylic acids is 2. The summed E-state index contributed by atoms with van der Waals surface area (Å²) in [6, 6.07) is 0. The molecule has 0 fully saturated rings. The standard InChI is InChI=1S/C13H22O3/c1-5-6-7-12(14)9-8-11(4)16-13(15)10(2)3/h11H,2,5-9H2,1,3-4H3. The normalized spacial score (nSPS) is 11.9. The molecule has 0 saturated carbocycles. The molecule has 0 heterocycles. The van der Waals surface area contributed by atoms with E-state index >= 15 is 0 Å². The van der Waals surface area contributed by atoms with Crippen LogP contribution in [-0.2, 0) is 14.3 Å². The number of ether oxygens (including phenoxy) is 1. The van der Waals surface area contributed by atoms with Crippen LogP contribution in [0.3, 0.4) is 0 Å². The van der Waals surface area contributed by atoms with E-state index in [2.05, 4.69) is 13.5 Å². The number of hydrogen-bond acceptors (Lipinski definition) is 3. The first-order valence-electron chi connectivity index (χ1n) is 5.85. The lowest BCUT2D eigenvalue weighted by molar-refractivity contribution is -0.144. The average Bonchev–Trinajstić information content (AvgIpc) is 2.23. The topological polar surface area (TPSA) is 43.4 Å². The van der Waals surface area contributed by atoms with Crippen LogP contribution in [0.1, 0.15) is 52.9 Å². The van der Waals surface area contributed by atoms with Gasteiger partial charge in [0.2, 0.25) is 0 Å². The van der Waals surface area contributed by atoms with Crippen LogP contribution in [0, 0.1) is 0 Å². The number of hydrogen-bond donors (Lipinski definition) is 0. The van der Waals surface area contributed by atoms with E-state index in [1.54, 1.807) is 13.8 Å². The van der Waals surface area contributed by atoms with Crippen LogP contribution in [-0.4, -0.2) is 17.9 Å². The number of carbonyl (C=O) groups is 2. The predicted octanol–water partition coefficient (Wildman–Crippen LogP) is 3.03. The van der Waals surface area contributed by atoms with Crippen molar-refractivity contribution in [3.8, 4) is 0 Å². The second kappa shape index (κ2) is 8.08. The minimum absolute atomic E-state index is 0.213. The number of ketones is 1. The monoisotopic (exact) mass is 226 g/mol. The van der Waals surface area contributed by atoms with Crippen LogP contribution < -0.4 is 0 Å². The highest BCUT2D eigenvalue weighted by Gasteiger charge is 2.11. The van der Waals surface area contributed by atoms with Crippen LogP contribution >= 0.6 is 0 Å². The van der Waals surface area contributed by atoms with E-state index in [1.807, 2.05) is 0 Å². The van der Waals surface area contributed by atoms with Crippen molar-refractivity contribution in [1.82, 2.24) is 0 Å². The molecular weight excluding hydrogens is 204 g/mol. The van der Waals surface area contributed by atoms with Crippen molar-refractivity contribution in [3.63, 3.8) is 0 Å². The molecule has 0 aliphatic rings. The Morgan fingerprint density at radius 3 is 2.44 bits per heavy atom. The molecule has 3 heteroatoms. The Kier molecular flexibility index (Phi) is 7.52. The smallest absolute Gasteiger partial charge is 0.333 e. The lowest BCUT2D eigenvalue weighted by atomic mass is 10.1. The Hall–Kier alpha value is -1.12. The fourth-order valence-corrected chi connectivity index (χ4v) is 1.21. The van der Waals surface area contributed by atoms with E-state index in [0.717, 1.165) is 12.8 Å². The van der Waals surface area contributed by atoms with E-state index in [0.29, 0.717) is 24.8 Å². The molecule has 92 valence electrons. The van der Waals surface area contributed by atoms with Gasteiger partial charge in [0.25, 0.3) is 0 Å². The summed E-state index contributed by atoms with van der Waals surface area (Å²) in [6.07, 6.45) is 3.49. The summed E-state index contributed by atoms with van der Waals surface area (Å²) in [5.74, 6) is -0.131. The van der Waals surface area contributed by atoms with Crippen molar-refractivity contribution < 1.29 is 14.3 Å². The Bertz CT molecular complexity index is 256. The second-order valence-electron chi connectivity index (χ2n) is 4.18. The molecule has 0 aliphatic carbocycles. The maximum absolute atomic E-state index is 11.4. The molecule has 1 atom stereocenters. The molecule has 0 aliphatic heterocycles. The maximum Gasteiger partial charge on any atom is 0.333 e. The molecule has 3 nitrogen and oxygen atoms in total. The highest BCUT2D eigenvalue weighted by atomic mass is 16.5. The Balaban J connectivity index is 3.72. The molecule has 0 saturated heterocycles. The molecule has 0 amide bonds. The Morgan fingerprint density at radius 2 is 1.94 bits per heavy atom. The van der Waals surface area contributed by atoms with Gasteiger partial charge in [0.15, 0.2) is 0 Å². The lowest BCUT2D eigenvalue weighted by Crippen LogP contribution is -2.16. The van der Waals surface area contributed by atoms with Gasteiger partial charge in [-0.2, -0.15) is 0 Å². The first-order chi connectivity index (χ1) is 7.47. The van der Waals surface area contributed by atoms with Crippen LogP contribution in [0.5, 0.6) is 0 Å². The molecule has 0 radical (unpaired) electrons. The average molecular weight is 226 g/mol. The highest BCUT2D eigenvalue weighted by Crippen LogP contribution is 2.08.